The van der Waals surface area contributed by atoms with E-state index in [0.717, 1.165) is 10.6 Å². The van der Waals surface area contributed by atoms with Crippen LogP contribution in [-0.4, -0.2) is 37.2 Å². The number of hydrogen-bond donors (Lipinski definition) is 2. The molecular formula is C12H16ClN3O2S. The molecular weight excluding hydrogens is 286 g/mol. The molecule has 1 aromatic rings. The molecule has 2 amide bonds. The first-order valence-electron chi connectivity index (χ1n) is 5.71. The van der Waals surface area contributed by atoms with Crippen molar-refractivity contribution in [1.82, 2.24) is 5.32 Å². The summed E-state index contributed by atoms with van der Waals surface area (Å²) in [5.74, 6) is 0.151. The predicted molar refractivity (Wildman–Crippen MR) is 78.8 cm³/mol. The van der Waals surface area contributed by atoms with Crippen LogP contribution in [0.3, 0.4) is 0 Å². The van der Waals surface area contributed by atoms with Crippen LogP contribution in [0, 0.1) is 0 Å². The number of benzene rings is 1. The van der Waals surface area contributed by atoms with E-state index in [0.29, 0.717) is 18.8 Å². The average Bonchev–Trinajstić information content (AvgIpc) is 2.40. The third kappa shape index (κ3) is 3.86. The van der Waals surface area contributed by atoms with Crippen molar-refractivity contribution in [1.29, 1.82) is 0 Å². The van der Waals surface area contributed by atoms with Crippen molar-refractivity contribution in [2.24, 2.45) is 5.73 Å². The van der Waals surface area contributed by atoms with Crippen LogP contribution in [0.2, 0.25) is 0 Å². The van der Waals surface area contributed by atoms with Gasteiger partial charge in [0.2, 0.25) is 11.8 Å². The van der Waals surface area contributed by atoms with E-state index < -0.39 is 0 Å². The van der Waals surface area contributed by atoms with Crippen LogP contribution in [0.4, 0.5) is 5.69 Å². The third-order valence-corrected chi connectivity index (χ3v) is 3.62. The zero-order valence-corrected chi connectivity index (χ0v) is 11.9. The zero-order chi connectivity index (χ0) is 13.0. The minimum Gasteiger partial charge on any atom is -0.353 e. The van der Waals surface area contributed by atoms with E-state index >= 15 is 0 Å². The fourth-order valence-electron chi connectivity index (χ4n) is 1.74. The first-order valence-corrected chi connectivity index (χ1v) is 6.70. The molecule has 1 aromatic carbocycles. The molecule has 0 radical (unpaired) electrons. The van der Waals surface area contributed by atoms with Gasteiger partial charge in [-0.25, -0.2) is 0 Å². The first kappa shape index (κ1) is 15.8. The molecule has 1 aliphatic rings. The molecule has 2 rings (SSSR count). The van der Waals surface area contributed by atoms with Crippen molar-refractivity contribution in [2.45, 2.75) is 4.90 Å². The summed E-state index contributed by atoms with van der Waals surface area (Å²) >= 11 is 1.50. The molecule has 104 valence electrons. The molecule has 7 heteroatoms. The molecule has 0 unspecified atom stereocenters. The Morgan fingerprint density at radius 1 is 1.42 bits per heavy atom. The Kier molecular flexibility index (Phi) is 6.14. The summed E-state index contributed by atoms with van der Waals surface area (Å²) < 4.78 is 0. The minimum absolute atomic E-state index is 0. The molecule has 0 spiro atoms. The first-order chi connectivity index (χ1) is 8.72. The van der Waals surface area contributed by atoms with Crippen molar-refractivity contribution < 1.29 is 9.59 Å². The van der Waals surface area contributed by atoms with Gasteiger partial charge < -0.3 is 16.0 Å². The van der Waals surface area contributed by atoms with Crippen molar-refractivity contribution >= 4 is 41.7 Å². The molecule has 0 atom stereocenters. The van der Waals surface area contributed by atoms with Gasteiger partial charge in [0.25, 0.3) is 0 Å². The molecule has 0 aromatic heterocycles. The standard InChI is InChI=1S/C12H15N3O2S.ClH/c13-5-6-14-11(16)7-15-9-3-1-2-4-10(9)18-8-12(15)17;/h1-4H,5-8,13H2,(H,14,16);1H. The normalized spacial score (nSPS) is 13.5. The molecule has 0 saturated carbocycles. The lowest BCUT2D eigenvalue weighted by Gasteiger charge is -2.28. The minimum atomic E-state index is -0.185. The summed E-state index contributed by atoms with van der Waals surface area (Å²) in [5.41, 5.74) is 6.12. The van der Waals surface area contributed by atoms with Gasteiger partial charge in [-0.3, -0.25) is 9.59 Å². The van der Waals surface area contributed by atoms with E-state index in [-0.39, 0.29) is 30.8 Å². The lowest BCUT2D eigenvalue weighted by atomic mass is 10.2. The highest BCUT2D eigenvalue weighted by atomic mass is 35.5. The molecule has 0 saturated heterocycles. The largest absolute Gasteiger partial charge is 0.353 e. The second kappa shape index (κ2) is 7.37. The quantitative estimate of drug-likeness (QED) is 0.855. The summed E-state index contributed by atoms with van der Waals surface area (Å²) in [6.07, 6.45) is 0. The van der Waals surface area contributed by atoms with Gasteiger partial charge in [0.05, 0.1) is 11.4 Å². The number of nitrogens with one attached hydrogen (secondary N) is 1. The van der Waals surface area contributed by atoms with Gasteiger partial charge in [0.15, 0.2) is 0 Å². The number of carbonyl (C=O) groups excluding carboxylic acids is 2. The van der Waals surface area contributed by atoms with Gasteiger partial charge in [-0.15, -0.1) is 24.2 Å². The van der Waals surface area contributed by atoms with E-state index in [1.54, 1.807) is 0 Å². The van der Waals surface area contributed by atoms with Crippen molar-refractivity contribution in [2.75, 3.05) is 30.3 Å². The fourth-order valence-corrected chi connectivity index (χ4v) is 2.67. The lowest BCUT2D eigenvalue weighted by Crippen LogP contribution is -2.44. The van der Waals surface area contributed by atoms with Gasteiger partial charge in [-0.05, 0) is 12.1 Å². The highest BCUT2D eigenvalue weighted by molar-refractivity contribution is 8.00. The van der Waals surface area contributed by atoms with Gasteiger partial charge in [-0.2, -0.15) is 0 Å². The van der Waals surface area contributed by atoms with Crippen LogP contribution in [0.25, 0.3) is 0 Å². The maximum Gasteiger partial charge on any atom is 0.240 e. The number of hydrogen-bond acceptors (Lipinski definition) is 4. The highest BCUT2D eigenvalue weighted by Gasteiger charge is 2.25. The van der Waals surface area contributed by atoms with Crippen LogP contribution in [0.5, 0.6) is 0 Å². The number of thioether (sulfide) groups is 1. The molecule has 0 fully saturated rings. The Hall–Kier alpha value is -1.24. The number of nitrogens with zero attached hydrogens (tertiary/aromatic N) is 1. The van der Waals surface area contributed by atoms with E-state index in [1.165, 1.54) is 16.7 Å². The Morgan fingerprint density at radius 2 is 2.16 bits per heavy atom. The van der Waals surface area contributed by atoms with Gasteiger partial charge >= 0.3 is 0 Å². The molecule has 0 bridgehead atoms. The summed E-state index contributed by atoms with van der Waals surface area (Å²) in [7, 11) is 0. The Bertz CT molecular complexity index is 470. The number of halogens is 1. The molecule has 1 heterocycles. The van der Waals surface area contributed by atoms with Crippen LogP contribution in [0.15, 0.2) is 29.2 Å². The topological polar surface area (TPSA) is 75.4 Å². The van der Waals surface area contributed by atoms with Gasteiger partial charge in [0, 0.05) is 18.0 Å². The Morgan fingerprint density at radius 3 is 2.89 bits per heavy atom. The molecule has 3 N–H and O–H groups in total. The number of para-hydroxylation sites is 1. The number of nitrogens with two attached hydrogens (primary N) is 1. The van der Waals surface area contributed by atoms with E-state index in [9.17, 15) is 9.59 Å². The van der Waals surface area contributed by atoms with Crippen molar-refractivity contribution in [3.63, 3.8) is 0 Å². The summed E-state index contributed by atoms with van der Waals surface area (Å²) in [5, 5.41) is 2.67. The van der Waals surface area contributed by atoms with E-state index in [1.807, 2.05) is 24.3 Å². The van der Waals surface area contributed by atoms with Crippen molar-refractivity contribution in [3.05, 3.63) is 24.3 Å². The van der Waals surface area contributed by atoms with Gasteiger partial charge in [-0.1, -0.05) is 12.1 Å². The van der Waals surface area contributed by atoms with Crippen LogP contribution < -0.4 is 16.0 Å². The number of anilines is 1. The molecule has 1 aliphatic heterocycles. The second-order valence-corrected chi connectivity index (χ2v) is 4.89. The van der Waals surface area contributed by atoms with Crippen LogP contribution >= 0.6 is 24.2 Å². The zero-order valence-electron chi connectivity index (χ0n) is 10.3. The molecule has 19 heavy (non-hydrogen) atoms. The number of amides is 2. The maximum atomic E-state index is 11.9. The van der Waals surface area contributed by atoms with E-state index in [2.05, 4.69) is 5.32 Å². The smallest absolute Gasteiger partial charge is 0.240 e. The molecule has 0 aliphatic carbocycles. The second-order valence-electron chi connectivity index (χ2n) is 3.87. The van der Waals surface area contributed by atoms with E-state index in [4.69, 9.17) is 5.73 Å². The van der Waals surface area contributed by atoms with Crippen LogP contribution in [-0.2, 0) is 9.59 Å². The summed E-state index contributed by atoms with van der Waals surface area (Å²) in [4.78, 5) is 26.1. The average molecular weight is 302 g/mol. The van der Waals surface area contributed by atoms with Gasteiger partial charge in [0.1, 0.15) is 6.54 Å². The van der Waals surface area contributed by atoms with Crippen molar-refractivity contribution in [3.8, 4) is 0 Å². The lowest BCUT2D eigenvalue weighted by molar-refractivity contribution is -0.122. The summed E-state index contributed by atoms with van der Waals surface area (Å²) in [6.45, 7) is 0.875. The number of rotatable bonds is 4. The highest BCUT2D eigenvalue weighted by Crippen LogP contribution is 2.34. The summed E-state index contributed by atoms with van der Waals surface area (Å²) in [6, 6.07) is 7.60. The predicted octanol–water partition coefficient (Wildman–Crippen LogP) is 0.622. The number of fused-ring (bicyclic) bond motifs is 1. The monoisotopic (exact) mass is 301 g/mol. The van der Waals surface area contributed by atoms with Crippen LogP contribution in [0.1, 0.15) is 0 Å². The SMILES string of the molecule is Cl.NCCNC(=O)CN1C(=O)CSc2ccccc21. The Balaban J connectivity index is 0.00000180. The Labute approximate surface area is 122 Å². The molecule has 5 nitrogen and oxygen atoms in total. The number of carbonyl (C=O) groups is 2. The third-order valence-electron chi connectivity index (χ3n) is 2.58. The fraction of sp³-hybridized carbons (Fsp3) is 0.333. The maximum absolute atomic E-state index is 11.9.